The Morgan fingerprint density at radius 3 is 2.16 bits per heavy atom. The van der Waals surface area contributed by atoms with Gasteiger partial charge in [0.05, 0.1) is 55.2 Å². The SMILES string of the molecule is COc1ccc(OC)c(C(=O)COC(=O)c2cccc(S(=O)(=O)N(C)c3cc(Cl)c(OC)cc3OC)c2)c1. The van der Waals surface area contributed by atoms with Gasteiger partial charge in [-0.25, -0.2) is 13.2 Å². The highest BCUT2D eigenvalue weighted by atomic mass is 35.5. The molecule has 0 aliphatic rings. The van der Waals surface area contributed by atoms with Gasteiger partial charge in [0, 0.05) is 13.1 Å². The van der Waals surface area contributed by atoms with E-state index in [9.17, 15) is 18.0 Å². The quantitative estimate of drug-likeness (QED) is 0.249. The average molecular weight is 564 g/mol. The zero-order valence-corrected chi connectivity index (χ0v) is 22.9. The average Bonchev–Trinajstić information content (AvgIpc) is 2.94. The number of carbonyl (C=O) groups excluding carboxylic acids is 2. The normalized spacial score (nSPS) is 10.9. The fourth-order valence-electron chi connectivity index (χ4n) is 3.49. The summed E-state index contributed by atoms with van der Waals surface area (Å²) in [5.74, 6) is -0.177. The minimum absolute atomic E-state index is 0.0652. The van der Waals surface area contributed by atoms with E-state index in [4.69, 9.17) is 35.3 Å². The molecule has 0 N–H and O–H groups in total. The summed E-state index contributed by atoms with van der Waals surface area (Å²) < 4.78 is 53.7. The Balaban J connectivity index is 1.83. The van der Waals surface area contributed by atoms with Crippen molar-refractivity contribution in [3.8, 4) is 23.0 Å². The van der Waals surface area contributed by atoms with Crippen LogP contribution in [0.1, 0.15) is 20.7 Å². The molecule has 0 unspecified atom stereocenters. The highest BCUT2D eigenvalue weighted by Gasteiger charge is 2.26. The third-order valence-corrected chi connectivity index (χ3v) is 7.62. The number of nitrogens with zero attached hydrogens (tertiary/aromatic N) is 1. The maximum Gasteiger partial charge on any atom is 0.338 e. The predicted molar refractivity (Wildman–Crippen MR) is 141 cm³/mol. The van der Waals surface area contributed by atoms with Crippen LogP contribution < -0.4 is 23.3 Å². The number of esters is 1. The van der Waals surface area contributed by atoms with Crippen LogP contribution in [-0.2, 0) is 14.8 Å². The summed E-state index contributed by atoms with van der Waals surface area (Å²) in [4.78, 5) is 25.2. The first-order valence-corrected chi connectivity index (χ1v) is 12.8. The first kappa shape index (κ1) is 28.6. The molecule has 0 saturated heterocycles. The molecule has 0 bridgehead atoms. The van der Waals surface area contributed by atoms with E-state index in [2.05, 4.69) is 0 Å². The predicted octanol–water partition coefficient (Wildman–Crippen LogP) is 4.24. The van der Waals surface area contributed by atoms with Crippen LogP contribution in [0.3, 0.4) is 0 Å². The Hall–Kier alpha value is -3.96. The molecule has 202 valence electrons. The van der Waals surface area contributed by atoms with Crippen molar-refractivity contribution in [3.63, 3.8) is 0 Å². The summed E-state index contributed by atoms with van der Waals surface area (Å²) in [5.41, 5.74) is 0.262. The molecule has 0 saturated carbocycles. The summed E-state index contributed by atoms with van der Waals surface area (Å²) >= 11 is 6.20. The number of sulfonamides is 1. The molecule has 0 fully saturated rings. The van der Waals surface area contributed by atoms with Crippen molar-refractivity contribution in [2.45, 2.75) is 4.90 Å². The van der Waals surface area contributed by atoms with E-state index in [1.807, 2.05) is 0 Å². The van der Waals surface area contributed by atoms with E-state index >= 15 is 0 Å². The standard InChI is InChI=1S/C26H26ClNO9S/c1-28(21-13-20(27)24(35-4)14-25(21)36-5)38(31,32)18-8-6-7-16(11-18)26(30)37-15-22(29)19-12-17(33-2)9-10-23(19)34-3/h6-14H,15H2,1-5H3. The Morgan fingerprint density at radius 1 is 0.842 bits per heavy atom. The minimum atomic E-state index is -4.16. The zero-order chi connectivity index (χ0) is 28.0. The number of benzene rings is 3. The second-order valence-corrected chi connectivity index (χ2v) is 10.1. The smallest absolute Gasteiger partial charge is 0.338 e. The molecular weight excluding hydrogens is 538 g/mol. The number of ketones is 1. The van der Waals surface area contributed by atoms with Crippen LogP contribution in [0.25, 0.3) is 0 Å². The van der Waals surface area contributed by atoms with Gasteiger partial charge >= 0.3 is 5.97 Å². The molecule has 38 heavy (non-hydrogen) atoms. The maximum absolute atomic E-state index is 13.4. The molecule has 12 heteroatoms. The van der Waals surface area contributed by atoms with Crippen molar-refractivity contribution in [2.24, 2.45) is 0 Å². The first-order valence-electron chi connectivity index (χ1n) is 11.0. The largest absolute Gasteiger partial charge is 0.497 e. The molecule has 3 aromatic carbocycles. The van der Waals surface area contributed by atoms with Crippen LogP contribution in [0.5, 0.6) is 23.0 Å². The number of halogens is 1. The second-order valence-electron chi connectivity index (χ2n) is 7.72. The van der Waals surface area contributed by atoms with Gasteiger partial charge in [0.15, 0.2) is 6.61 Å². The highest BCUT2D eigenvalue weighted by molar-refractivity contribution is 7.92. The molecule has 10 nitrogen and oxygen atoms in total. The second kappa shape index (κ2) is 12.1. The van der Waals surface area contributed by atoms with Gasteiger partial charge in [-0.05, 0) is 42.5 Å². The Labute approximate surface area is 225 Å². The lowest BCUT2D eigenvalue weighted by atomic mass is 10.1. The highest BCUT2D eigenvalue weighted by Crippen LogP contribution is 2.39. The molecular formula is C26H26ClNO9S. The van der Waals surface area contributed by atoms with Crippen molar-refractivity contribution < 1.29 is 41.7 Å². The molecule has 3 aromatic rings. The van der Waals surface area contributed by atoms with Crippen LogP contribution in [0.2, 0.25) is 5.02 Å². The van der Waals surface area contributed by atoms with Gasteiger partial charge in [-0.2, -0.15) is 0 Å². The van der Waals surface area contributed by atoms with E-state index in [-0.39, 0.29) is 38.2 Å². The summed E-state index contributed by atoms with van der Waals surface area (Å²) in [6.07, 6.45) is 0. The topological polar surface area (TPSA) is 118 Å². The van der Waals surface area contributed by atoms with Crippen LogP contribution in [0.4, 0.5) is 5.69 Å². The monoisotopic (exact) mass is 563 g/mol. The van der Waals surface area contributed by atoms with Crippen LogP contribution in [0, 0.1) is 0 Å². The van der Waals surface area contributed by atoms with Crippen molar-refractivity contribution in [2.75, 3.05) is 46.4 Å². The van der Waals surface area contributed by atoms with Gasteiger partial charge < -0.3 is 23.7 Å². The van der Waals surface area contributed by atoms with Crippen LogP contribution in [0.15, 0.2) is 59.5 Å². The number of anilines is 1. The fourth-order valence-corrected chi connectivity index (χ4v) is 4.96. The molecule has 0 atom stereocenters. The van der Waals surface area contributed by atoms with Gasteiger partial charge in [-0.15, -0.1) is 0 Å². The van der Waals surface area contributed by atoms with Crippen molar-refractivity contribution >= 4 is 39.1 Å². The zero-order valence-electron chi connectivity index (χ0n) is 21.3. The van der Waals surface area contributed by atoms with Gasteiger partial charge in [0.2, 0.25) is 5.78 Å². The lowest BCUT2D eigenvalue weighted by Crippen LogP contribution is -2.27. The lowest BCUT2D eigenvalue weighted by molar-refractivity contribution is 0.0473. The van der Waals surface area contributed by atoms with Crippen LogP contribution >= 0.6 is 11.6 Å². The van der Waals surface area contributed by atoms with E-state index < -0.39 is 28.4 Å². The number of hydrogen-bond acceptors (Lipinski definition) is 9. The number of hydrogen-bond donors (Lipinski definition) is 0. The summed E-state index contributed by atoms with van der Waals surface area (Å²) in [6.45, 7) is -0.596. The van der Waals surface area contributed by atoms with Gasteiger partial charge in [0.1, 0.15) is 23.0 Å². The molecule has 0 amide bonds. The number of ether oxygens (including phenoxy) is 5. The van der Waals surface area contributed by atoms with E-state index in [0.717, 1.165) is 10.4 Å². The summed E-state index contributed by atoms with van der Waals surface area (Å²) in [5, 5.41) is 0.181. The van der Waals surface area contributed by atoms with Gasteiger partial charge in [0.25, 0.3) is 10.0 Å². The molecule has 0 aromatic heterocycles. The van der Waals surface area contributed by atoms with Crippen molar-refractivity contribution in [1.29, 1.82) is 0 Å². The van der Waals surface area contributed by atoms with Gasteiger partial charge in [-0.1, -0.05) is 17.7 Å². The number of carbonyl (C=O) groups is 2. The van der Waals surface area contributed by atoms with E-state index in [1.165, 1.54) is 71.9 Å². The van der Waals surface area contributed by atoms with E-state index in [1.54, 1.807) is 12.1 Å². The number of Topliss-reactive ketones (excluding diaryl/α,β-unsaturated/α-hetero) is 1. The summed E-state index contributed by atoms with van der Waals surface area (Å²) in [6, 6.07) is 12.8. The molecule has 0 heterocycles. The van der Waals surface area contributed by atoms with E-state index in [0.29, 0.717) is 11.5 Å². The molecule has 3 rings (SSSR count). The Kier molecular flexibility index (Phi) is 9.08. The van der Waals surface area contributed by atoms with Gasteiger partial charge in [-0.3, -0.25) is 9.10 Å². The molecule has 0 radical (unpaired) electrons. The van der Waals surface area contributed by atoms with Crippen molar-refractivity contribution in [3.05, 3.63) is 70.7 Å². The molecule has 0 aliphatic heterocycles. The summed E-state index contributed by atoms with van der Waals surface area (Å²) in [7, 11) is 2.82. The number of methoxy groups -OCH3 is 4. The minimum Gasteiger partial charge on any atom is -0.497 e. The maximum atomic E-state index is 13.4. The van der Waals surface area contributed by atoms with Crippen LogP contribution in [-0.4, -0.2) is 62.3 Å². The third kappa shape index (κ3) is 5.95. The first-order chi connectivity index (χ1) is 18.1. The number of rotatable bonds is 11. The lowest BCUT2D eigenvalue weighted by Gasteiger charge is -2.23. The third-order valence-electron chi connectivity index (χ3n) is 5.56. The Morgan fingerprint density at radius 2 is 1.53 bits per heavy atom. The fraction of sp³-hybridized carbons (Fsp3) is 0.231. The Bertz CT molecular complexity index is 1460. The van der Waals surface area contributed by atoms with Crippen molar-refractivity contribution in [1.82, 2.24) is 0 Å². The molecule has 0 aliphatic carbocycles. The molecule has 0 spiro atoms.